The zero-order valence-corrected chi connectivity index (χ0v) is 6.65. The molecule has 5 nitrogen and oxygen atoms in total. The summed E-state index contributed by atoms with van der Waals surface area (Å²) in [5, 5.41) is 8.46. The molecule has 0 aliphatic rings. The quantitative estimate of drug-likeness (QED) is 0.685. The van der Waals surface area contributed by atoms with E-state index in [1.165, 1.54) is 13.3 Å². The van der Waals surface area contributed by atoms with E-state index in [0.29, 0.717) is 0 Å². The molecule has 12 heavy (non-hydrogen) atoms. The van der Waals surface area contributed by atoms with Gasteiger partial charge in [-0.2, -0.15) is 0 Å². The third-order valence-electron chi connectivity index (χ3n) is 1.39. The molecule has 1 unspecified atom stereocenters. The van der Waals surface area contributed by atoms with Gasteiger partial charge in [0.05, 0.1) is 24.8 Å². The van der Waals surface area contributed by atoms with Crippen molar-refractivity contribution < 1.29 is 14.6 Å². The summed E-state index contributed by atoms with van der Waals surface area (Å²) in [5.74, 6) is -0.963. The summed E-state index contributed by atoms with van der Waals surface area (Å²) in [6, 6.07) is 0. The predicted molar refractivity (Wildman–Crippen MR) is 40.5 cm³/mol. The molecule has 0 aliphatic heterocycles. The number of aromatic amines is 1. The van der Waals surface area contributed by atoms with E-state index in [2.05, 4.69) is 9.97 Å². The Balaban J connectivity index is 2.31. The van der Waals surface area contributed by atoms with Crippen molar-refractivity contribution in [3.63, 3.8) is 0 Å². The van der Waals surface area contributed by atoms with Crippen molar-refractivity contribution in [1.82, 2.24) is 9.97 Å². The molecule has 0 saturated heterocycles. The molecule has 0 aliphatic carbocycles. The Morgan fingerprint density at radius 3 is 3.17 bits per heavy atom. The second kappa shape index (κ2) is 3.87. The average Bonchev–Trinajstić information content (AvgIpc) is 2.51. The minimum atomic E-state index is -0.963. The number of hydrogen-bond acceptors (Lipinski definition) is 3. The lowest BCUT2D eigenvalue weighted by Crippen LogP contribution is -2.19. The number of ether oxygens (including phenoxy) is 1. The maximum atomic E-state index is 10.3. The highest BCUT2D eigenvalue weighted by Crippen LogP contribution is 1.98. The lowest BCUT2D eigenvalue weighted by atomic mass is 10.4. The minimum Gasteiger partial charge on any atom is -0.479 e. The maximum absolute atomic E-state index is 10.3. The zero-order valence-electron chi connectivity index (χ0n) is 6.65. The van der Waals surface area contributed by atoms with E-state index in [1.807, 2.05) is 0 Å². The molecular weight excluding hydrogens is 160 g/mol. The Bertz CT molecular complexity index is 245. The number of hydrogen-bond donors (Lipinski definition) is 2. The van der Waals surface area contributed by atoms with Gasteiger partial charge in [0.1, 0.15) is 0 Å². The summed E-state index contributed by atoms with van der Waals surface area (Å²) in [4.78, 5) is 16.9. The summed E-state index contributed by atoms with van der Waals surface area (Å²) in [7, 11) is 0. The van der Waals surface area contributed by atoms with Crippen LogP contribution in [0.25, 0.3) is 0 Å². The van der Waals surface area contributed by atoms with E-state index in [9.17, 15) is 4.79 Å². The van der Waals surface area contributed by atoms with Crippen molar-refractivity contribution in [2.75, 3.05) is 0 Å². The number of carboxylic acid groups (broad SMARTS) is 1. The Hall–Kier alpha value is -1.36. The van der Waals surface area contributed by atoms with Crippen LogP contribution in [0.1, 0.15) is 12.6 Å². The molecule has 1 heterocycles. The highest BCUT2D eigenvalue weighted by atomic mass is 16.5. The van der Waals surface area contributed by atoms with Crippen molar-refractivity contribution in [2.24, 2.45) is 0 Å². The molecule has 0 spiro atoms. The van der Waals surface area contributed by atoms with Crippen molar-refractivity contribution in [1.29, 1.82) is 0 Å². The molecule has 1 aromatic heterocycles. The Kier molecular flexibility index (Phi) is 2.82. The first-order chi connectivity index (χ1) is 5.70. The maximum Gasteiger partial charge on any atom is 0.332 e. The van der Waals surface area contributed by atoms with Crippen LogP contribution in [0.2, 0.25) is 0 Å². The van der Waals surface area contributed by atoms with Crippen LogP contribution >= 0.6 is 0 Å². The lowest BCUT2D eigenvalue weighted by Gasteiger charge is -2.05. The normalized spacial score (nSPS) is 12.8. The van der Waals surface area contributed by atoms with Gasteiger partial charge in [-0.25, -0.2) is 9.78 Å². The van der Waals surface area contributed by atoms with Crippen LogP contribution < -0.4 is 0 Å². The highest BCUT2D eigenvalue weighted by molar-refractivity contribution is 5.71. The van der Waals surface area contributed by atoms with Gasteiger partial charge in [0.15, 0.2) is 6.10 Å². The fraction of sp³-hybridized carbons (Fsp3) is 0.429. The number of carbonyl (C=O) groups is 1. The number of imidazole rings is 1. The monoisotopic (exact) mass is 170 g/mol. The van der Waals surface area contributed by atoms with Gasteiger partial charge in [0.2, 0.25) is 0 Å². The molecule has 5 heteroatoms. The van der Waals surface area contributed by atoms with Crippen LogP contribution in [-0.2, 0) is 16.1 Å². The number of aliphatic carboxylic acids is 1. The van der Waals surface area contributed by atoms with Gasteiger partial charge in [-0.3, -0.25) is 0 Å². The number of rotatable bonds is 4. The highest BCUT2D eigenvalue weighted by Gasteiger charge is 2.10. The number of nitrogens with one attached hydrogen (secondary N) is 1. The first-order valence-electron chi connectivity index (χ1n) is 3.52. The smallest absolute Gasteiger partial charge is 0.332 e. The fourth-order valence-electron chi connectivity index (χ4n) is 0.650. The van der Waals surface area contributed by atoms with Gasteiger partial charge in [-0.05, 0) is 6.92 Å². The van der Waals surface area contributed by atoms with Gasteiger partial charge in [-0.15, -0.1) is 0 Å². The van der Waals surface area contributed by atoms with Crippen molar-refractivity contribution in [3.05, 3.63) is 18.2 Å². The van der Waals surface area contributed by atoms with Crippen molar-refractivity contribution in [2.45, 2.75) is 19.6 Å². The van der Waals surface area contributed by atoms with Gasteiger partial charge < -0.3 is 14.8 Å². The van der Waals surface area contributed by atoms with E-state index in [-0.39, 0.29) is 6.61 Å². The van der Waals surface area contributed by atoms with Crippen molar-refractivity contribution in [3.8, 4) is 0 Å². The molecule has 1 aromatic rings. The molecular formula is C7H10N2O3. The Morgan fingerprint density at radius 1 is 1.92 bits per heavy atom. The summed E-state index contributed by atoms with van der Waals surface area (Å²) >= 11 is 0. The van der Waals surface area contributed by atoms with Gasteiger partial charge in [0.25, 0.3) is 0 Å². The molecule has 0 fully saturated rings. The van der Waals surface area contributed by atoms with E-state index in [1.54, 1.807) is 6.20 Å². The zero-order chi connectivity index (χ0) is 8.97. The van der Waals surface area contributed by atoms with Crippen LogP contribution in [0.5, 0.6) is 0 Å². The molecule has 0 amide bonds. The molecule has 0 radical (unpaired) electrons. The summed E-state index contributed by atoms with van der Waals surface area (Å²) in [6.07, 6.45) is 2.33. The van der Waals surface area contributed by atoms with Crippen LogP contribution in [0, 0.1) is 0 Å². The molecule has 66 valence electrons. The van der Waals surface area contributed by atoms with Gasteiger partial charge >= 0.3 is 5.97 Å². The third-order valence-corrected chi connectivity index (χ3v) is 1.39. The second-order valence-corrected chi connectivity index (χ2v) is 2.37. The standard InChI is InChI=1S/C7H10N2O3/c1-5(7(10)11)12-3-6-2-8-4-9-6/h2,4-5H,3H2,1H3,(H,8,9)(H,10,11). The van der Waals surface area contributed by atoms with Crippen LogP contribution in [-0.4, -0.2) is 27.1 Å². The molecule has 1 rings (SSSR count). The van der Waals surface area contributed by atoms with Crippen molar-refractivity contribution >= 4 is 5.97 Å². The number of carboxylic acids is 1. The van der Waals surface area contributed by atoms with E-state index < -0.39 is 12.1 Å². The molecule has 0 saturated carbocycles. The summed E-state index contributed by atoms with van der Waals surface area (Å²) < 4.78 is 4.98. The van der Waals surface area contributed by atoms with E-state index in [0.717, 1.165) is 5.69 Å². The molecule has 1 atom stereocenters. The Labute approximate surface area is 69.4 Å². The third kappa shape index (κ3) is 2.35. The number of aromatic nitrogens is 2. The number of nitrogens with zero attached hydrogens (tertiary/aromatic N) is 1. The predicted octanol–water partition coefficient (Wildman–Crippen LogP) is 0.399. The van der Waals surface area contributed by atoms with E-state index in [4.69, 9.17) is 9.84 Å². The summed E-state index contributed by atoms with van der Waals surface area (Å²) in [5.41, 5.74) is 0.767. The van der Waals surface area contributed by atoms with Crippen LogP contribution in [0.15, 0.2) is 12.5 Å². The molecule has 0 bridgehead atoms. The first kappa shape index (κ1) is 8.73. The van der Waals surface area contributed by atoms with Gasteiger partial charge in [-0.1, -0.05) is 0 Å². The van der Waals surface area contributed by atoms with E-state index >= 15 is 0 Å². The molecule has 2 N–H and O–H groups in total. The average molecular weight is 170 g/mol. The first-order valence-corrected chi connectivity index (χ1v) is 3.52. The van der Waals surface area contributed by atoms with Crippen LogP contribution in [0.4, 0.5) is 0 Å². The largest absolute Gasteiger partial charge is 0.479 e. The van der Waals surface area contributed by atoms with Crippen LogP contribution in [0.3, 0.4) is 0 Å². The molecule has 0 aromatic carbocycles. The number of H-pyrrole nitrogens is 1. The SMILES string of the molecule is CC(OCc1cnc[nH]1)C(=O)O. The summed E-state index contributed by atoms with van der Waals surface area (Å²) in [6.45, 7) is 1.73. The topological polar surface area (TPSA) is 75.2 Å². The lowest BCUT2D eigenvalue weighted by molar-refractivity contribution is -0.149. The minimum absolute atomic E-state index is 0.244. The van der Waals surface area contributed by atoms with Gasteiger partial charge in [0, 0.05) is 0 Å². The second-order valence-electron chi connectivity index (χ2n) is 2.37. The Morgan fingerprint density at radius 2 is 2.67 bits per heavy atom. The fourth-order valence-corrected chi connectivity index (χ4v) is 0.650.